The summed E-state index contributed by atoms with van der Waals surface area (Å²) in [7, 11) is 3.58. The summed E-state index contributed by atoms with van der Waals surface area (Å²) < 4.78 is 10.6. The number of ether oxygens (including phenoxy) is 1. The van der Waals surface area contributed by atoms with E-state index in [2.05, 4.69) is 22.4 Å². The molecule has 21 heavy (non-hydrogen) atoms. The fraction of sp³-hybridized carbons (Fsp3) is 0.375. The minimum Gasteiger partial charge on any atom is -0.496 e. The van der Waals surface area contributed by atoms with Crippen molar-refractivity contribution in [3.8, 4) is 5.75 Å². The van der Waals surface area contributed by atoms with E-state index in [0.717, 1.165) is 23.3 Å². The Bertz CT molecular complexity index is 619. The maximum atomic E-state index is 5.36. The fourth-order valence-electron chi connectivity index (χ4n) is 2.02. The Kier molecular flexibility index (Phi) is 5.11. The summed E-state index contributed by atoms with van der Waals surface area (Å²) in [5.74, 6) is 2.04. The average molecular weight is 287 g/mol. The molecule has 1 aromatic heterocycles. The summed E-state index contributed by atoms with van der Waals surface area (Å²) in [4.78, 5) is 4.38. The van der Waals surface area contributed by atoms with E-state index in [-0.39, 0.29) is 0 Å². The third kappa shape index (κ3) is 3.92. The molecule has 0 spiro atoms. The molecule has 5 nitrogen and oxygen atoms in total. The Morgan fingerprint density at radius 3 is 2.90 bits per heavy atom. The molecule has 0 bridgehead atoms. The lowest BCUT2D eigenvalue weighted by Crippen LogP contribution is -2.24. The van der Waals surface area contributed by atoms with Crippen molar-refractivity contribution in [1.29, 1.82) is 0 Å². The van der Waals surface area contributed by atoms with E-state index in [1.165, 1.54) is 0 Å². The highest BCUT2D eigenvalue weighted by Crippen LogP contribution is 2.26. The van der Waals surface area contributed by atoms with Gasteiger partial charge in [-0.25, -0.2) is 0 Å². The first kappa shape index (κ1) is 15.3. The van der Waals surface area contributed by atoms with Gasteiger partial charge in [-0.3, -0.25) is 0 Å². The lowest BCUT2D eigenvalue weighted by atomic mass is 10.1. The Hall–Kier alpha value is -2.14. The van der Waals surface area contributed by atoms with Gasteiger partial charge in [-0.2, -0.15) is 4.98 Å². The summed E-state index contributed by atoms with van der Waals surface area (Å²) in [6, 6.07) is 8.17. The van der Waals surface area contributed by atoms with Crippen molar-refractivity contribution in [2.75, 3.05) is 14.2 Å². The molecule has 1 atom stereocenters. The van der Waals surface area contributed by atoms with Gasteiger partial charge in [0, 0.05) is 24.1 Å². The van der Waals surface area contributed by atoms with Gasteiger partial charge >= 0.3 is 0 Å². The lowest BCUT2D eigenvalue weighted by Gasteiger charge is -2.07. The number of hydrogen-bond donors (Lipinski definition) is 1. The highest BCUT2D eigenvalue weighted by atomic mass is 16.5. The Balaban J connectivity index is 2.19. The van der Waals surface area contributed by atoms with Crippen molar-refractivity contribution in [1.82, 2.24) is 15.5 Å². The summed E-state index contributed by atoms with van der Waals surface area (Å²) in [6.07, 6.45) is 2.61. The molecule has 1 heterocycles. The number of hydrogen-bond acceptors (Lipinski definition) is 5. The van der Waals surface area contributed by atoms with Crippen molar-refractivity contribution < 1.29 is 9.26 Å². The molecule has 5 heteroatoms. The first-order valence-corrected chi connectivity index (χ1v) is 6.95. The number of methoxy groups -OCH3 is 1. The number of nitrogens with zero attached hydrogens (tertiary/aromatic N) is 2. The molecule has 112 valence electrons. The standard InChI is InChI=1S/C16H21N3O2/c1-11(13-7-5-6-8-14(13)20-4)9-16-18-15(19-21-16)10-12(2)17-3/h5-9,12,17H,10H2,1-4H3/b11-9-. The third-order valence-electron chi connectivity index (χ3n) is 3.34. The summed E-state index contributed by atoms with van der Waals surface area (Å²) in [5.41, 5.74) is 2.03. The Morgan fingerprint density at radius 2 is 2.19 bits per heavy atom. The highest BCUT2D eigenvalue weighted by molar-refractivity contribution is 5.80. The van der Waals surface area contributed by atoms with Crippen LogP contribution < -0.4 is 10.1 Å². The summed E-state index contributed by atoms with van der Waals surface area (Å²) in [5, 5.41) is 7.14. The molecule has 0 saturated heterocycles. The van der Waals surface area contributed by atoms with Crippen molar-refractivity contribution in [2.45, 2.75) is 26.3 Å². The minimum atomic E-state index is 0.315. The normalized spacial score (nSPS) is 13.2. The minimum absolute atomic E-state index is 0.315. The fourth-order valence-corrected chi connectivity index (χ4v) is 2.02. The van der Waals surface area contributed by atoms with Gasteiger partial charge in [0.15, 0.2) is 5.82 Å². The molecule has 0 aliphatic rings. The maximum Gasteiger partial charge on any atom is 0.250 e. The van der Waals surface area contributed by atoms with E-state index in [1.54, 1.807) is 7.11 Å². The van der Waals surface area contributed by atoms with Gasteiger partial charge in [-0.05, 0) is 32.5 Å². The van der Waals surface area contributed by atoms with Gasteiger partial charge in [0.2, 0.25) is 0 Å². The first-order chi connectivity index (χ1) is 10.1. The molecule has 2 rings (SSSR count). The second-order valence-corrected chi connectivity index (χ2v) is 4.97. The van der Waals surface area contributed by atoms with Gasteiger partial charge < -0.3 is 14.6 Å². The number of benzene rings is 1. The van der Waals surface area contributed by atoms with Crippen LogP contribution in [0.3, 0.4) is 0 Å². The van der Waals surface area contributed by atoms with E-state index >= 15 is 0 Å². The summed E-state index contributed by atoms with van der Waals surface area (Å²) in [6.45, 7) is 4.07. The van der Waals surface area contributed by atoms with Crippen LogP contribution in [0.5, 0.6) is 5.75 Å². The van der Waals surface area contributed by atoms with Crippen molar-refractivity contribution in [2.24, 2.45) is 0 Å². The van der Waals surface area contributed by atoms with Gasteiger partial charge in [-0.1, -0.05) is 23.4 Å². The molecule has 1 aromatic carbocycles. The molecule has 0 aliphatic carbocycles. The van der Waals surface area contributed by atoms with Gasteiger partial charge in [-0.15, -0.1) is 0 Å². The number of para-hydroxylation sites is 1. The molecular formula is C16H21N3O2. The predicted octanol–water partition coefficient (Wildman–Crippen LogP) is 2.79. The molecule has 0 aliphatic heterocycles. The monoisotopic (exact) mass is 287 g/mol. The van der Waals surface area contributed by atoms with Gasteiger partial charge in [0.05, 0.1) is 7.11 Å². The highest BCUT2D eigenvalue weighted by Gasteiger charge is 2.09. The second kappa shape index (κ2) is 7.04. The molecule has 1 unspecified atom stereocenters. The number of aromatic nitrogens is 2. The zero-order chi connectivity index (χ0) is 15.2. The van der Waals surface area contributed by atoms with Crippen LogP contribution in [0.15, 0.2) is 28.8 Å². The summed E-state index contributed by atoms with van der Waals surface area (Å²) >= 11 is 0. The van der Waals surface area contributed by atoms with Crippen LogP contribution in [-0.4, -0.2) is 30.3 Å². The second-order valence-electron chi connectivity index (χ2n) is 4.97. The van der Waals surface area contributed by atoms with Crippen LogP contribution in [0, 0.1) is 0 Å². The molecule has 0 fully saturated rings. The zero-order valence-electron chi connectivity index (χ0n) is 12.9. The SMILES string of the molecule is CNC(C)Cc1noc(/C=C(/C)c2ccccc2OC)n1. The maximum absolute atomic E-state index is 5.36. The zero-order valence-corrected chi connectivity index (χ0v) is 12.9. The largest absolute Gasteiger partial charge is 0.496 e. The van der Waals surface area contributed by atoms with Gasteiger partial charge in [0.25, 0.3) is 5.89 Å². The topological polar surface area (TPSA) is 60.2 Å². The molecule has 0 amide bonds. The van der Waals surface area contributed by atoms with Crippen molar-refractivity contribution in [3.05, 3.63) is 41.5 Å². The molecule has 1 N–H and O–H groups in total. The molecular weight excluding hydrogens is 266 g/mol. The van der Waals surface area contributed by atoms with Gasteiger partial charge in [0.1, 0.15) is 5.75 Å². The number of nitrogens with one attached hydrogen (secondary N) is 1. The van der Waals surface area contributed by atoms with E-state index in [0.29, 0.717) is 17.8 Å². The van der Waals surface area contributed by atoms with E-state index in [4.69, 9.17) is 9.26 Å². The predicted molar refractivity (Wildman–Crippen MR) is 83.1 cm³/mol. The van der Waals surface area contributed by atoms with Crippen LogP contribution in [0.25, 0.3) is 11.6 Å². The molecule has 0 radical (unpaired) electrons. The van der Waals surface area contributed by atoms with Crippen LogP contribution in [-0.2, 0) is 6.42 Å². The Labute approximate surface area is 125 Å². The number of allylic oxidation sites excluding steroid dienone is 1. The smallest absolute Gasteiger partial charge is 0.250 e. The molecule has 2 aromatic rings. The number of rotatable bonds is 6. The van der Waals surface area contributed by atoms with E-state index < -0.39 is 0 Å². The van der Waals surface area contributed by atoms with Crippen LogP contribution >= 0.6 is 0 Å². The van der Waals surface area contributed by atoms with E-state index in [9.17, 15) is 0 Å². The Morgan fingerprint density at radius 1 is 1.43 bits per heavy atom. The number of likely N-dealkylation sites (N-methyl/N-ethyl adjacent to an activating group) is 1. The lowest BCUT2D eigenvalue weighted by molar-refractivity contribution is 0.399. The van der Waals surface area contributed by atoms with Crippen LogP contribution in [0.4, 0.5) is 0 Å². The van der Waals surface area contributed by atoms with Crippen molar-refractivity contribution in [3.63, 3.8) is 0 Å². The molecule has 0 saturated carbocycles. The average Bonchev–Trinajstić information content (AvgIpc) is 2.93. The van der Waals surface area contributed by atoms with Crippen molar-refractivity contribution >= 4 is 11.6 Å². The third-order valence-corrected chi connectivity index (χ3v) is 3.34. The quantitative estimate of drug-likeness (QED) is 0.885. The van der Waals surface area contributed by atoms with Crippen LogP contribution in [0.1, 0.15) is 31.1 Å². The first-order valence-electron chi connectivity index (χ1n) is 6.95. The van der Waals surface area contributed by atoms with E-state index in [1.807, 2.05) is 44.3 Å². The van der Waals surface area contributed by atoms with Crippen LogP contribution in [0.2, 0.25) is 0 Å².